The van der Waals surface area contributed by atoms with Gasteiger partial charge >= 0.3 is 0 Å². The molecule has 5 nitrogen and oxygen atoms in total. The van der Waals surface area contributed by atoms with Crippen LogP contribution in [0.5, 0.6) is 0 Å². The van der Waals surface area contributed by atoms with Gasteiger partial charge in [-0.3, -0.25) is 13.8 Å². The van der Waals surface area contributed by atoms with Crippen LogP contribution in [0, 0.1) is 12.8 Å². The van der Waals surface area contributed by atoms with E-state index in [1.165, 1.54) is 0 Å². The quantitative estimate of drug-likeness (QED) is 0.755. The van der Waals surface area contributed by atoms with Crippen molar-refractivity contribution in [2.45, 2.75) is 44.9 Å². The molecule has 3 unspecified atom stereocenters. The van der Waals surface area contributed by atoms with Crippen molar-refractivity contribution < 1.29 is 13.8 Å². The van der Waals surface area contributed by atoms with E-state index in [0.717, 1.165) is 16.1 Å². The highest BCUT2D eigenvalue weighted by Gasteiger charge is 2.45. The SMILES string of the molecule is Cc1ccc(N2C(=O)CC(C(=O)NCCS(=O)C(C)(C)C)C2c2cccs2)cc1. The number of benzene rings is 1. The highest BCUT2D eigenvalue weighted by atomic mass is 32.2. The number of aryl methyl sites for hydroxylation is 1. The van der Waals surface area contributed by atoms with Gasteiger partial charge in [-0.15, -0.1) is 11.3 Å². The maximum Gasteiger partial charge on any atom is 0.228 e. The topological polar surface area (TPSA) is 66.5 Å². The van der Waals surface area contributed by atoms with Crippen LogP contribution in [0.25, 0.3) is 0 Å². The molecule has 3 atom stereocenters. The first-order chi connectivity index (χ1) is 13.7. The van der Waals surface area contributed by atoms with Crippen molar-refractivity contribution in [2.24, 2.45) is 5.92 Å². The molecule has 1 aromatic carbocycles. The molecule has 0 spiro atoms. The summed E-state index contributed by atoms with van der Waals surface area (Å²) in [5.74, 6) is -0.269. The Bertz CT molecular complexity index is 886. The lowest BCUT2D eigenvalue weighted by atomic mass is 9.97. The molecule has 0 saturated carbocycles. The zero-order chi connectivity index (χ0) is 21.2. The third-order valence-electron chi connectivity index (χ3n) is 5.08. The van der Waals surface area contributed by atoms with Crippen LogP contribution in [0.1, 0.15) is 43.7 Å². The molecule has 1 aliphatic rings. The Morgan fingerprint density at radius 3 is 2.52 bits per heavy atom. The standard InChI is InChI=1S/C22H28N2O3S2/c1-15-7-9-16(10-8-15)24-19(25)14-17(20(24)18-6-5-12-28-18)21(26)23-11-13-29(27)22(2,3)4/h5-10,12,17,20H,11,13-14H2,1-4H3,(H,23,26). The molecular formula is C22H28N2O3S2. The number of thiophene rings is 1. The smallest absolute Gasteiger partial charge is 0.228 e. The summed E-state index contributed by atoms with van der Waals surface area (Å²) in [6, 6.07) is 11.4. The summed E-state index contributed by atoms with van der Waals surface area (Å²) in [4.78, 5) is 28.6. The Kier molecular flexibility index (Phi) is 6.58. The van der Waals surface area contributed by atoms with Gasteiger partial charge in [-0.2, -0.15) is 0 Å². The van der Waals surface area contributed by atoms with E-state index >= 15 is 0 Å². The Morgan fingerprint density at radius 1 is 1.24 bits per heavy atom. The molecule has 1 fully saturated rings. The minimum Gasteiger partial charge on any atom is -0.355 e. The average Bonchev–Trinajstić information content (AvgIpc) is 3.29. The molecule has 1 N–H and O–H groups in total. The van der Waals surface area contributed by atoms with E-state index in [-0.39, 0.29) is 29.0 Å². The highest BCUT2D eigenvalue weighted by Crippen LogP contribution is 2.43. The molecule has 0 bridgehead atoms. The molecule has 0 radical (unpaired) electrons. The first-order valence-electron chi connectivity index (χ1n) is 9.77. The van der Waals surface area contributed by atoms with Gasteiger partial charge in [-0.1, -0.05) is 23.8 Å². The van der Waals surface area contributed by atoms with E-state index < -0.39 is 16.7 Å². The number of carbonyl (C=O) groups is 2. The summed E-state index contributed by atoms with van der Waals surface area (Å²) in [6.07, 6.45) is 0.171. The van der Waals surface area contributed by atoms with Crippen molar-refractivity contribution in [2.75, 3.05) is 17.2 Å². The number of anilines is 1. The summed E-state index contributed by atoms with van der Waals surface area (Å²) in [5, 5.41) is 4.88. The van der Waals surface area contributed by atoms with Gasteiger partial charge in [0.2, 0.25) is 11.8 Å². The molecule has 1 aliphatic heterocycles. The fraction of sp³-hybridized carbons (Fsp3) is 0.455. The van der Waals surface area contributed by atoms with Crippen molar-refractivity contribution in [3.05, 3.63) is 52.2 Å². The monoisotopic (exact) mass is 432 g/mol. The van der Waals surface area contributed by atoms with Crippen LogP contribution in [0.4, 0.5) is 5.69 Å². The molecule has 29 heavy (non-hydrogen) atoms. The lowest BCUT2D eigenvalue weighted by molar-refractivity contribution is -0.126. The number of amides is 2. The summed E-state index contributed by atoms with van der Waals surface area (Å²) in [6.45, 7) is 8.12. The van der Waals surface area contributed by atoms with Crippen LogP contribution in [0.2, 0.25) is 0 Å². The molecule has 2 heterocycles. The normalized spacial score (nSPS) is 20.7. The van der Waals surface area contributed by atoms with Crippen molar-refractivity contribution >= 4 is 39.6 Å². The average molecular weight is 433 g/mol. The Hall–Kier alpha value is -1.99. The maximum absolute atomic E-state index is 13.0. The van der Waals surface area contributed by atoms with E-state index in [4.69, 9.17) is 0 Å². The van der Waals surface area contributed by atoms with Crippen LogP contribution >= 0.6 is 11.3 Å². The minimum absolute atomic E-state index is 0.0503. The lowest BCUT2D eigenvalue weighted by Crippen LogP contribution is -2.38. The van der Waals surface area contributed by atoms with Gasteiger partial charge in [0.15, 0.2) is 0 Å². The summed E-state index contributed by atoms with van der Waals surface area (Å²) in [7, 11) is -1.03. The van der Waals surface area contributed by atoms with Gasteiger partial charge in [0, 0.05) is 44.8 Å². The van der Waals surface area contributed by atoms with E-state index in [1.54, 1.807) is 16.2 Å². The van der Waals surface area contributed by atoms with Crippen molar-refractivity contribution in [3.8, 4) is 0 Å². The molecule has 2 aromatic rings. The van der Waals surface area contributed by atoms with Crippen molar-refractivity contribution in [3.63, 3.8) is 0 Å². The number of hydrogen-bond acceptors (Lipinski definition) is 4. The summed E-state index contributed by atoms with van der Waals surface area (Å²) in [5.41, 5.74) is 1.93. The molecule has 0 aliphatic carbocycles. The Balaban J connectivity index is 1.79. The minimum atomic E-state index is -1.03. The third-order valence-corrected chi connectivity index (χ3v) is 7.96. The van der Waals surface area contributed by atoms with E-state index in [9.17, 15) is 13.8 Å². The van der Waals surface area contributed by atoms with Gasteiger partial charge in [-0.05, 0) is 51.3 Å². The van der Waals surface area contributed by atoms with Crippen LogP contribution in [-0.2, 0) is 20.4 Å². The Labute approximate surface area is 179 Å². The van der Waals surface area contributed by atoms with Crippen molar-refractivity contribution in [1.29, 1.82) is 0 Å². The zero-order valence-electron chi connectivity index (χ0n) is 17.3. The second-order valence-electron chi connectivity index (χ2n) is 8.32. The first-order valence-corrected chi connectivity index (χ1v) is 12.0. The van der Waals surface area contributed by atoms with E-state index in [1.807, 2.05) is 69.5 Å². The molecular weight excluding hydrogens is 404 g/mol. The van der Waals surface area contributed by atoms with Gasteiger partial charge in [0.25, 0.3) is 0 Å². The molecule has 3 rings (SSSR count). The Morgan fingerprint density at radius 2 is 1.93 bits per heavy atom. The number of nitrogens with zero attached hydrogens (tertiary/aromatic N) is 1. The second-order valence-corrected chi connectivity index (χ2v) is 11.6. The predicted octanol–water partition coefficient (Wildman–Crippen LogP) is 3.81. The third kappa shape index (κ3) is 4.95. The largest absolute Gasteiger partial charge is 0.355 e. The second kappa shape index (κ2) is 8.79. The number of nitrogens with one attached hydrogen (secondary N) is 1. The molecule has 156 valence electrons. The van der Waals surface area contributed by atoms with Crippen LogP contribution < -0.4 is 10.2 Å². The number of carbonyl (C=O) groups excluding carboxylic acids is 2. The first kappa shape index (κ1) is 21.7. The molecule has 7 heteroatoms. The van der Waals surface area contributed by atoms with E-state index in [2.05, 4.69) is 5.32 Å². The van der Waals surface area contributed by atoms with Gasteiger partial charge in [-0.25, -0.2) is 0 Å². The zero-order valence-corrected chi connectivity index (χ0v) is 18.9. The van der Waals surface area contributed by atoms with Crippen molar-refractivity contribution in [1.82, 2.24) is 5.32 Å². The number of rotatable bonds is 6. The van der Waals surface area contributed by atoms with Crippen LogP contribution in [-0.4, -0.2) is 33.1 Å². The van der Waals surface area contributed by atoms with Gasteiger partial charge < -0.3 is 10.2 Å². The molecule has 2 amide bonds. The van der Waals surface area contributed by atoms with Crippen LogP contribution in [0.15, 0.2) is 41.8 Å². The van der Waals surface area contributed by atoms with E-state index in [0.29, 0.717) is 12.3 Å². The highest BCUT2D eigenvalue weighted by molar-refractivity contribution is 7.86. The lowest BCUT2D eigenvalue weighted by Gasteiger charge is -2.27. The molecule has 1 saturated heterocycles. The van der Waals surface area contributed by atoms with Gasteiger partial charge in [0.05, 0.1) is 12.0 Å². The fourth-order valence-corrected chi connectivity index (χ4v) is 5.25. The fourth-order valence-electron chi connectivity index (χ4n) is 3.47. The number of hydrogen-bond donors (Lipinski definition) is 1. The van der Waals surface area contributed by atoms with Gasteiger partial charge in [0.1, 0.15) is 0 Å². The maximum atomic E-state index is 13.0. The summed E-state index contributed by atoms with van der Waals surface area (Å²) >= 11 is 1.55. The summed E-state index contributed by atoms with van der Waals surface area (Å²) < 4.78 is 11.9. The molecule has 1 aromatic heterocycles. The van der Waals surface area contributed by atoms with Crippen LogP contribution in [0.3, 0.4) is 0 Å². The predicted molar refractivity (Wildman–Crippen MR) is 120 cm³/mol.